The van der Waals surface area contributed by atoms with Crippen molar-refractivity contribution in [3.05, 3.63) is 65.2 Å². The summed E-state index contributed by atoms with van der Waals surface area (Å²) in [6.45, 7) is 0. The van der Waals surface area contributed by atoms with Crippen LogP contribution >= 0.6 is 0 Å². The quantitative estimate of drug-likeness (QED) is 0.573. The van der Waals surface area contributed by atoms with Gasteiger partial charge in [-0.2, -0.15) is 13.2 Å². The highest BCUT2D eigenvalue weighted by Crippen LogP contribution is 2.25. The zero-order chi connectivity index (χ0) is 19.9. The van der Waals surface area contributed by atoms with Crippen LogP contribution < -0.4 is 4.74 Å². The Hall–Kier alpha value is -2.34. The van der Waals surface area contributed by atoms with E-state index in [4.69, 9.17) is 9.47 Å². The number of ether oxygens (including phenoxy) is 2. The summed E-state index contributed by atoms with van der Waals surface area (Å²) >= 11 is 0. The molecule has 0 aliphatic carbocycles. The SMILES string of the molecule is COc1cccc(CCCC(Cc2ccccc2C(=O)C(F)(F)F)OC)c1. The summed E-state index contributed by atoms with van der Waals surface area (Å²) in [5, 5.41) is 0. The maximum Gasteiger partial charge on any atom is 0.454 e. The minimum atomic E-state index is -4.88. The van der Waals surface area contributed by atoms with Crippen LogP contribution in [-0.4, -0.2) is 32.3 Å². The molecule has 1 atom stereocenters. The van der Waals surface area contributed by atoms with E-state index in [0.29, 0.717) is 12.0 Å². The first-order valence-electron chi connectivity index (χ1n) is 8.70. The molecule has 27 heavy (non-hydrogen) atoms. The highest BCUT2D eigenvalue weighted by atomic mass is 19.4. The highest BCUT2D eigenvalue weighted by Gasteiger charge is 2.40. The molecule has 0 saturated heterocycles. The van der Waals surface area contributed by atoms with Crippen LogP contribution in [0, 0.1) is 0 Å². The average Bonchev–Trinajstić information content (AvgIpc) is 2.66. The minimum absolute atomic E-state index is 0.257. The first-order chi connectivity index (χ1) is 12.8. The van der Waals surface area contributed by atoms with Crippen molar-refractivity contribution in [1.82, 2.24) is 0 Å². The Morgan fingerprint density at radius 3 is 2.48 bits per heavy atom. The van der Waals surface area contributed by atoms with E-state index in [1.807, 2.05) is 24.3 Å². The summed E-state index contributed by atoms with van der Waals surface area (Å²) in [5.74, 6) is -1.03. The van der Waals surface area contributed by atoms with Crippen molar-refractivity contribution in [3.8, 4) is 5.75 Å². The number of carbonyl (C=O) groups excluding carboxylic acids is 1. The fraction of sp³-hybridized carbons (Fsp3) is 0.381. The molecule has 0 aromatic heterocycles. The number of rotatable bonds is 9. The van der Waals surface area contributed by atoms with Gasteiger partial charge in [-0.3, -0.25) is 4.79 Å². The van der Waals surface area contributed by atoms with Crippen LogP contribution in [0.5, 0.6) is 5.75 Å². The van der Waals surface area contributed by atoms with Crippen LogP contribution in [0.15, 0.2) is 48.5 Å². The minimum Gasteiger partial charge on any atom is -0.497 e. The summed E-state index contributed by atoms with van der Waals surface area (Å²) in [4.78, 5) is 11.6. The lowest BCUT2D eigenvalue weighted by Gasteiger charge is -2.18. The number of ketones is 1. The molecule has 3 nitrogen and oxygen atoms in total. The van der Waals surface area contributed by atoms with Gasteiger partial charge in [0.25, 0.3) is 5.78 Å². The Kier molecular flexibility index (Phi) is 7.42. The van der Waals surface area contributed by atoms with E-state index in [0.717, 1.165) is 24.2 Å². The first-order valence-corrected chi connectivity index (χ1v) is 8.70. The zero-order valence-electron chi connectivity index (χ0n) is 15.4. The Balaban J connectivity index is 2.00. The van der Waals surface area contributed by atoms with Gasteiger partial charge in [0.1, 0.15) is 5.75 Å². The van der Waals surface area contributed by atoms with Crippen LogP contribution in [0.1, 0.15) is 34.3 Å². The third kappa shape index (κ3) is 6.10. The van der Waals surface area contributed by atoms with Crippen molar-refractivity contribution in [3.63, 3.8) is 0 Å². The van der Waals surface area contributed by atoms with E-state index >= 15 is 0 Å². The van der Waals surface area contributed by atoms with Crippen molar-refractivity contribution < 1.29 is 27.4 Å². The molecule has 0 aliphatic rings. The monoisotopic (exact) mass is 380 g/mol. The molecule has 0 spiro atoms. The van der Waals surface area contributed by atoms with Gasteiger partial charge in [0.2, 0.25) is 0 Å². The van der Waals surface area contributed by atoms with E-state index in [1.54, 1.807) is 19.2 Å². The predicted molar refractivity (Wildman–Crippen MR) is 97.3 cm³/mol. The molecule has 2 aromatic rings. The molecule has 0 aliphatic heterocycles. The van der Waals surface area contributed by atoms with Crippen LogP contribution in [0.25, 0.3) is 0 Å². The molecule has 146 valence electrons. The van der Waals surface area contributed by atoms with Gasteiger partial charge >= 0.3 is 6.18 Å². The molecule has 1 unspecified atom stereocenters. The Morgan fingerprint density at radius 2 is 1.81 bits per heavy atom. The number of halogens is 3. The molecule has 0 bridgehead atoms. The summed E-state index contributed by atoms with van der Waals surface area (Å²) in [5.41, 5.74) is 1.17. The lowest BCUT2D eigenvalue weighted by Crippen LogP contribution is -2.25. The second-order valence-electron chi connectivity index (χ2n) is 6.29. The second-order valence-corrected chi connectivity index (χ2v) is 6.29. The number of hydrogen-bond donors (Lipinski definition) is 0. The summed E-state index contributed by atoms with van der Waals surface area (Å²) in [6, 6.07) is 13.6. The van der Waals surface area contributed by atoms with Crippen LogP contribution in [-0.2, 0) is 17.6 Å². The lowest BCUT2D eigenvalue weighted by molar-refractivity contribution is -0.0886. The van der Waals surface area contributed by atoms with Gasteiger partial charge in [-0.15, -0.1) is 0 Å². The van der Waals surface area contributed by atoms with E-state index in [9.17, 15) is 18.0 Å². The van der Waals surface area contributed by atoms with Gasteiger partial charge in [0.05, 0.1) is 13.2 Å². The van der Waals surface area contributed by atoms with Crippen molar-refractivity contribution in [1.29, 1.82) is 0 Å². The van der Waals surface area contributed by atoms with Crippen molar-refractivity contribution in [2.45, 2.75) is 38.0 Å². The number of alkyl halides is 3. The second kappa shape index (κ2) is 9.55. The van der Waals surface area contributed by atoms with E-state index in [1.165, 1.54) is 19.2 Å². The van der Waals surface area contributed by atoms with Crippen LogP contribution in [0.2, 0.25) is 0 Å². The van der Waals surface area contributed by atoms with Gasteiger partial charge in [0.15, 0.2) is 0 Å². The Morgan fingerprint density at radius 1 is 1.07 bits per heavy atom. The maximum absolute atomic E-state index is 12.8. The van der Waals surface area contributed by atoms with Gasteiger partial charge in [-0.1, -0.05) is 36.4 Å². The molecule has 0 fully saturated rings. The van der Waals surface area contributed by atoms with E-state index in [2.05, 4.69) is 0 Å². The summed E-state index contributed by atoms with van der Waals surface area (Å²) < 4.78 is 49.0. The van der Waals surface area contributed by atoms with Crippen molar-refractivity contribution >= 4 is 5.78 Å². The molecule has 2 rings (SSSR count). The van der Waals surface area contributed by atoms with Gasteiger partial charge in [-0.25, -0.2) is 0 Å². The molecule has 0 radical (unpaired) electrons. The average molecular weight is 380 g/mol. The van der Waals surface area contributed by atoms with E-state index in [-0.39, 0.29) is 18.1 Å². The molecule has 0 N–H and O–H groups in total. The topological polar surface area (TPSA) is 35.5 Å². The molecule has 6 heteroatoms. The number of methoxy groups -OCH3 is 2. The number of carbonyl (C=O) groups is 1. The van der Waals surface area contributed by atoms with Gasteiger partial charge < -0.3 is 9.47 Å². The van der Waals surface area contributed by atoms with Crippen LogP contribution in [0.3, 0.4) is 0 Å². The summed E-state index contributed by atoms with van der Waals surface area (Å²) in [7, 11) is 3.14. The largest absolute Gasteiger partial charge is 0.497 e. The summed E-state index contributed by atoms with van der Waals surface area (Å²) in [6.07, 6.45) is -2.61. The molecule has 0 amide bonds. The Bertz CT molecular complexity index is 756. The van der Waals surface area contributed by atoms with E-state index < -0.39 is 12.0 Å². The first kappa shape index (κ1) is 21.0. The molecule has 0 saturated carbocycles. The number of aryl methyl sites for hydroxylation is 1. The van der Waals surface area contributed by atoms with Gasteiger partial charge in [0, 0.05) is 12.7 Å². The molecule has 2 aromatic carbocycles. The van der Waals surface area contributed by atoms with Crippen molar-refractivity contribution in [2.24, 2.45) is 0 Å². The lowest BCUT2D eigenvalue weighted by atomic mass is 9.95. The normalized spacial score (nSPS) is 12.6. The molecule has 0 heterocycles. The highest BCUT2D eigenvalue weighted by molar-refractivity contribution is 6.01. The molecular formula is C21H23F3O3. The predicted octanol–water partition coefficient (Wildman–Crippen LogP) is 5.02. The fourth-order valence-electron chi connectivity index (χ4n) is 2.98. The third-order valence-corrected chi connectivity index (χ3v) is 4.43. The number of hydrogen-bond acceptors (Lipinski definition) is 3. The standard InChI is InChI=1S/C21H23F3O3/c1-26-17-10-5-7-15(13-17)8-6-11-18(27-2)14-16-9-3-4-12-19(16)20(25)21(22,23)24/h3-5,7,9-10,12-13,18H,6,8,11,14H2,1-2H3. The van der Waals surface area contributed by atoms with Gasteiger partial charge in [-0.05, 0) is 48.9 Å². The third-order valence-electron chi connectivity index (χ3n) is 4.43. The van der Waals surface area contributed by atoms with Crippen LogP contribution in [0.4, 0.5) is 13.2 Å². The number of Topliss-reactive ketones (excluding diaryl/α,β-unsaturated/α-hetero) is 1. The molecular weight excluding hydrogens is 357 g/mol. The maximum atomic E-state index is 12.8. The smallest absolute Gasteiger partial charge is 0.454 e. The zero-order valence-corrected chi connectivity index (χ0v) is 15.4. The Labute approximate surface area is 157 Å². The van der Waals surface area contributed by atoms with Crippen molar-refractivity contribution in [2.75, 3.05) is 14.2 Å². The fourth-order valence-corrected chi connectivity index (χ4v) is 2.98. The number of benzene rings is 2.